The van der Waals surface area contributed by atoms with E-state index in [0.717, 1.165) is 44.9 Å². The second-order valence-corrected chi connectivity index (χ2v) is 7.44. The molecule has 3 unspecified atom stereocenters. The van der Waals surface area contributed by atoms with Gasteiger partial charge in [0.25, 0.3) is 0 Å². The molecular weight excluding hydrogens is 316 g/mol. The van der Waals surface area contributed by atoms with Gasteiger partial charge in [0.15, 0.2) is 0 Å². The SMILES string of the molecule is CCCCCCCCCOC(=O)C1CCCCC1C(=O)OC(C)CC. The molecule has 0 spiro atoms. The van der Waals surface area contributed by atoms with Crippen LogP contribution in [0.2, 0.25) is 0 Å². The van der Waals surface area contributed by atoms with Gasteiger partial charge in [-0.2, -0.15) is 0 Å². The Bertz CT molecular complexity index is 380. The Balaban J connectivity index is 2.30. The van der Waals surface area contributed by atoms with E-state index in [1.807, 2.05) is 13.8 Å². The monoisotopic (exact) mass is 354 g/mol. The smallest absolute Gasteiger partial charge is 0.310 e. The molecule has 0 amide bonds. The molecule has 0 heterocycles. The number of esters is 2. The fourth-order valence-corrected chi connectivity index (χ4v) is 3.40. The second-order valence-electron chi connectivity index (χ2n) is 7.44. The van der Waals surface area contributed by atoms with E-state index in [4.69, 9.17) is 9.47 Å². The van der Waals surface area contributed by atoms with E-state index >= 15 is 0 Å². The van der Waals surface area contributed by atoms with Crippen molar-refractivity contribution in [2.45, 2.75) is 104 Å². The lowest BCUT2D eigenvalue weighted by atomic mass is 9.79. The number of carbonyl (C=O) groups is 2. The third kappa shape index (κ3) is 8.73. The zero-order chi connectivity index (χ0) is 18.5. The lowest BCUT2D eigenvalue weighted by molar-refractivity contribution is -0.165. The number of ether oxygens (including phenoxy) is 2. The molecule has 1 fully saturated rings. The predicted octanol–water partition coefficient (Wildman–Crippen LogP) is 5.43. The standard InChI is InChI=1S/C21H38O4/c1-4-6-7-8-9-10-13-16-24-20(22)18-14-11-12-15-19(18)21(23)25-17(3)5-2/h17-19H,4-16H2,1-3H3. The van der Waals surface area contributed by atoms with Crippen molar-refractivity contribution >= 4 is 11.9 Å². The van der Waals surface area contributed by atoms with Gasteiger partial charge in [0.1, 0.15) is 0 Å². The van der Waals surface area contributed by atoms with E-state index in [0.29, 0.717) is 6.61 Å². The molecular formula is C21H38O4. The summed E-state index contributed by atoms with van der Waals surface area (Å²) in [6.45, 7) is 6.59. The van der Waals surface area contributed by atoms with Crippen LogP contribution in [0.4, 0.5) is 0 Å². The number of hydrogen-bond donors (Lipinski definition) is 0. The Morgan fingerprint density at radius 1 is 0.880 bits per heavy atom. The molecule has 0 saturated heterocycles. The fraction of sp³-hybridized carbons (Fsp3) is 0.905. The average molecular weight is 355 g/mol. The van der Waals surface area contributed by atoms with Gasteiger partial charge in [0.05, 0.1) is 24.5 Å². The third-order valence-electron chi connectivity index (χ3n) is 5.26. The van der Waals surface area contributed by atoms with Gasteiger partial charge >= 0.3 is 11.9 Å². The van der Waals surface area contributed by atoms with Crippen molar-refractivity contribution in [1.29, 1.82) is 0 Å². The summed E-state index contributed by atoms with van der Waals surface area (Å²) >= 11 is 0. The minimum Gasteiger partial charge on any atom is -0.465 e. The van der Waals surface area contributed by atoms with Crippen LogP contribution in [0.3, 0.4) is 0 Å². The van der Waals surface area contributed by atoms with Crippen LogP contribution in [0.15, 0.2) is 0 Å². The van der Waals surface area contributed by atoms with Crippen molar-refractivity contribution in [2.75, 3.05) is 6.61 Å². The molecule has 4 heteroatoms. The van der Waals surface area contributed by atoms with E-state index in [1.165, 1.54) is 32.1 Å². The minimum absolute atomic E-state index is 0.0844. The summed E-state index contributed by atoms with van der Waals surface area (Å²) in [5.41, 5.74) is 0. The molecule has 1 rings (SSSR count). The minimum atomic E-state index is -0.315. The van der Waals surface area contributed by atoms with Crippen LogP contribution >= 0.6 is 0 Å². The molecule has 0 aromatic carbocycles. The van der Waals surface area contributed by atoms with Gasteiger partial charge in [-0.15, -0.1) is 0 Å². The first kappa shape index (κ1) is 22.0. The van der Waals surface area contributed by atoms with Crippen LogP contribution in [-0.4, -0.2) is 24.6 Å². The largest absolute Gasteiger partial charge is 0.465 e. The van der Waals surface area contributed by atoms with Gasteiger partial charge in [0, 0.05) is 0 Å². The lowest BCUT2D eigenvalue weighted by Crippen LogP contribution is -2.36. The summed E-state index contributed by atoms with van der Waals surface area (Å²) < 4.78 is 10.9. The van der Waals surface area contributed by atoms with Crippen molar-refractivity contribution in [2.24, 2.45) is 11.8 Å². The summed E-state index contributed by atoms with van der Waals surface area (Å²) in [5, 5.41) is 0. The van der Waals surface area contributed by atoms with Gasteiger partial charge in [-0.05, 0) is 32.6 Å². The Kier molecular flexibility index (Phi) is 11.6. The highest BCUT2D eigenvalue weighted by atomic mass is 16.5. The molecule has 4 nitrogen and oxygen atoms in total. The van der Waals surface area contributed by atoms with Crippen LogP contribution in [0.1, 0.15) is 97.8 Å². The first-order chi connectivity index (χ1) is 12.1. The Morgan fingerprint density at radius 3 is 2.04 bits per heavy atom. The molecule has 0 N–H and O–H groups in total. The van der Waals surface area contributed by atoms with Gasteiger partial charge in [-0.1, -0.05) is 65.2 Å². The number of unbranched alkanes of at least 4 members (excludes halogenated alkanes) is 6. The molecule has 25 heavy (non-hydrogen) atoms. The van der Waals surface area contributed by atoms with Crippen LogP contribution in [0.25, 0.3) is 0 Å². The highest BCUT2D eigenvalue weighted by Gasteiger charge is 2.38. The zero-order valence-corrected chi connectivity index (χ0v) is 16.6. The van der Waals surface area contributed by atoms with E-state index in [9.17, 15) is 9.59 Å². The number of carbonyl (C=O) groups excluding carboxylic acids is 2. The Labute approximate surface area is 154 Å². The van der Waals surface area contributed by atoms with Crippen LogP contribution in [-0.2, 0) is 19.1 Å². The predicted molar refractivity (Wildman–Crippen MR) is 100 cm³/mol. The Morgan fingerprint density at radius 2 is 1.44 bits per heavy atom. The van der Waals surface area contributed by atoms with Crippen molar-refractivity contribution < 1.29 is 19.1 Å². The molecule has 146 valence electrons. The summed E-state index contributed by atoms with van der Waals surface area (Å²) in [6, 6.07) is 0. The molecule has 1 aliphatic rings. The molecule has 1 aliphatic carbocycles. The van der Waals surface area contributed by atoms with Gasteiger partial charge < -0.3 is 9.47 Å². The molecule has 0 aromatic rings. The zero-order valence-electron chi connectivity index (χ0n) is 16.6. The van der Waals surface area contributed by atoms with Crippen molar-refractivity contribution in [3.05, 3.63) is 0 Å². The normalized spacial score (nSPS) is 21.6. The number of hydrogen-bond acceptors (Lipinski definition) is 4. The van der Waals surface area contributed by atoms with Crippen molar-refractivity contribution in [3.8, 4) is 0 Å². The molecule has 0 radical (unpaired) electrons. The summed E-state index contributed by atoms with van der Waals surface area (Å²) in [7, 11) is 0. The van der Waals surface area contributed by atoms with E-state index in [1.54, 1.807) is 0 Å². The average Bonchev–Trinajstić information content (AvgIpc) is 2.63. The van der Waals surface area contributed by atoms with Crippen LogP contribution in [0.5, 0.6) is 0 Å². The maximum absolute atomic E-state index is 12.4. The molecule has 1 saturated carbocycles. The molecule has 0 bridgehead atoms. The summed E-state index contributed by atoms with van der Waals surface area (Å²) in [4.78, 5) is 24.8. The van der Waals surface area contributed by atoms with Crippen molar-refractivity contribution in [3.63, 3.8) is 0 Å². The lowest BCUT2D eigenvalue weighted by Gasteiger charge is -2.29. The maximum atomic E-state index is 12.4. The van der Waals surface area contributed by atoms with Gasteiger partial charge in [-0.25, -0.2) is 0 Å². The first-order valence-electron chi connectivity index (χ1n) is 10.5. The maximum Gasteiger partial charge on any atom is 0.310 e. The van der Waals surface area contributed by atoms with E-state index in [-0.39, 0.29) is 29.9 Å². The van der Waals surface area contributed by atoms with Gasteiger partial charge in [-0.3, -0.25) is 9.59 Å². The second kappa shape index (κ2) is 13.2. The molecule has 0 aliphatic heterocycles. The quantitative estimate of drug-likeness (QED) is 0.346. The summed E-state index contributed by atoms with van der Waals surface area (Å²) in [5.74, 6) is -1.04. The Hall–Kier alpha value is -1.06. The van der Waals surface area contributed by atoms with Crippen molar-refractivity contribution in [1.82, 2.24) is 0 Å². The van der Waals surface area contributed by atoms with Crippen LogP contribution < -0.4 is 0 Å². The highest BCUT2D eigenvalue weighted by Crippen LogP contribution is 2.32. The molecule has 0 aromatic heterocycles. The first-order valence-corrected chi connectivity index (χ1v) is 10.5. The molecule has 3 atom stereocenters. The topological polar surface area (TPSA) is 52.6 Å². The van der Waals surface area contributed by atoms with E-state index in [2.05, 4.69) is 6.92 Å². The number of rotatable bonds is 12. The third-order valence-corrected chi connectivity index (χ3v) is 5.26. The fourth-order valence-electron chi connectivity index (χ4n) is 3.40. The highest BCUT2D eigenvalue weighted by molar-refractivity contribution is 5.82. The van der Waals surface area contributed by atoms with Crippen LogP contribution in [0, 0.1) is 11.8 Å². The van der Waals surface area contributed by atoms with Gasteiger partial charge in [0.2, 0.25) is 0 Å². The van der Waals surface area contributed by atoms with E-state index < -0.39 is 0 Å². The summed E-state index contributed by atoms with van der Waals surface area (Å²) in [6.07, 6.45) is 12.6.